The lowest BCUT2D eigenvalue weighted by Gasteiger charge is -2.23. The van der Waals surface area contributed by atoms with Gasteiger partial charge in [-0.2, -0.15) is 0 Å². The minimum Gasteiger partial charge on any atom is -0.298 e. The van der Waals surface area contributed by atoms with Crippen molar-refractivity contribution in [1.82, 2.24) is 4.48 Å². The van der Waals surface area contributed by atoms with Crippen LogP contribution in [-0.2, 0) is 6.42 Å². The number of Topliss-reactive ketones (excluding diaryl/α,β-unsaturated/α-hetero) is 1. The second-order valence-electron chi connectivity index (χ2n) is 7.24. The highest BCUT2D eigenvalue weighted by Gasteiger charge is 2.15. The van der Waals surface area contributed by atoms with Crippen molar-refractivity contribution in [3.05, 3.63) is 63.6 Å². The smallest absolute Gasteiger partial charge is 0.163 e. The molecule has 0 amide bonds. The normalized spacial score (nSPS) is 12.9. The van der Waals surface area contributed by atoms with Gasteiger partial charge in [-0.15, -0.1) is 0 Å². The lowest BCUT2D eigenvalue weighted by molar-refractivity contribution is 0.0964. The zero-order valence-corrected chi connectivity index (χ0v) is 16.2. The van der Waals surface area contributed by atoms with E-state index in [-0.39, 0.29) is 11.7 Å². The Morgan fingerprint density at radius 1 is 1.00 bits per heavy atom. The van der Waals surface area contributed by atoms with Crippen LogP contribution in [0.4, 0.5) is 5.69 Å². The molecule has 0 spiro atoms. The van der Waals surface area contributed by atoms with Gasteiger partial charge in [0.1, 0.15) is 5.69 Å². The molecule has 2 nitrogen and oxygen atoms in total. The summed E-state index contributed by atoms with van der Waals surface area (Å²) in [7, 11) is 6.44. The summed E-state index contributed by atoms with van der Waals surface area (Å²) < 4.78 is 0.797. The van der Waals surface area contributed by atoms with Gasteiger partial charge in [0.15, 0.2) is 5.78 Å². The number of hydrogen-bond donors (Lipinski definition) is 0. The molecule has 0 bridgehead atoms. The van der Waals surface area contributed by atoms with Crippen LogP contribution in [-0.4, -0.2) is 26.9 Å². The Hall–Kier alpha value is -1.35. The molecule has 0 aromatic heterocycles. The van der Waals surface area contributed by atoms with Crippen LogP contribution in [0, 0.1) is 5.92 Å². The number of nitrogens with zero attached hydrogens (tertiary/aromatic N) is 1. The molecule has 2 rings (SSSR count). The van der Waals surface area contributed by atoms with Crippen molar-refractivity contribution in [3.63, 3.8) is 0 Å². The third kappa shape index (κ3) is 5.07. The van der Waals surface area contributed by atoms with Crippen molar-refractivity contribution in [2.24, 2.45) is 5.92 Å². The molecule has 0 aliphatic carbocycles. The maximum atomic E-state index is 12.4. The Balaban J connectivity index is 1.98. The molecule has 1 atom stereocenters. The van der Waals surface area contributed by atoms with Gasteiger partial charge >= 0.3 is 0 Å². The standard InChI is InChI=1S/C20H24Cl2NO/c1-14(11-15-5-8-17(9-6-15)23(2,3)4)12-20(24)16-7-10-18(21)19(22)13-16/h5-10,13-14H,11-12H2,1-4H3/q+1. The van der Waals surface area contributed by atoms with Crippen LogP contribution in [0.5, 0.6) is 0 Å². The first kappa shape index (κ1) is 19.0. The Morgan fingerprint density at radius 3 is 2.17 bits per heavy atom. The number of quaternary nitrogens is 1. The monoisotopic (exact) mass is 364 g/mol. The largest absolute Gasteiger partial charge is 0.298 e. The van der Waals surface area contributed by atoms with E-state index < -0.39 is 0 Å². The van der Waals surface area contributed by atoms with Crippen LogP contribution in [0.25, 0.3) is 0 Å². The average Bonchev–Trinajstić information content (AvgIpc) is 2.49. The quantitative estimate of drug-likeness (QED) is 0.478. The molecular formula is C20H24Cl2NO+. The molecule has 0 fully saturated rings. The number of benzene rings is 2. The van der Waals surface area contributed by atoms with Crippen molar-refractivity contribution in [3.8, 4) is 0 Å². The lowest BCUT2D eigenvalue weighted by atomic mass is 9.93. The average molecular weight is 365 g/mol. The fourth-order valence-corrected chi connectivity index (χ4v) is 2.96. The van der Waals surface area contributed by atoms with Crippen LogP contribution in [0.1, 0.15) is 29.3 Å². The van der Waals surface area contributed by atoms with Gasteiger partial charge in [-0.05, 0) is 48.2 Å². The van der Waals surface area contributed by atoms with Crippen molar-refractivity contribution in [2.75, 3.05) is 21.1 Å². The van der Waals surface area contributed by atoms with Gasteiger partial charge in [-0.25, -0.2) is 0 Å². The predicted molar refractivity (Wildman–Crippen MR) is 104 cm³/mol. The van der Waals surface area contributed by atoms with Crippen LogP contribution >= 0.6 is 23.2 Å². The van der Waals surface area contributed by atoms with Crippen molar-refractivity contribution < 1.29 is 4.79 Å². The summed E-state index contributed by atoms with van der Waals surface area (Å²) in [6.07, 6.45) is 1.37. The molecule has 0 aliphatic heterocycles. The zero-order valence-electron chi connectivity index (χ0n) is 14.6. The third-order valence-corrected chi connectivity index (χ3v) is 4.81. The summed E-state index contributed by atoms with van der Waals surface area (Å²) in [6, 6.07) is 13.7. The number of rotatable bonds is 6. The molecule has 0 radical (unpaired) electrons. The first-order valence-electron chi connectivity index (χ1n) is 8.06. The molecule has 0 saturated heterocycles. The highest BCUT2D eigenvalue weighted by atomic mass is 35.5. The molecule has 4 heteroatoms. The van der Waals surface area contributed by atoms with E-state index in [0.717, 1.165) is 10.9 Å². The SMILES string of the molecule is CC(CC(=O)c1ccc(Cl)c(Cl)c1)Cc1ccc([N+](C)(C)C)cc1. The Bertz CT molecular complexity index is 717. The van der Waals surface area contributed by atoms with Gasteiger partial charge in [-0.3, -0.25) is 9.28 Å². The molecule has 0 saturated carbocycles. The van der Waals surface area contributed by atoms with E-state index in [2.05, 4.69) is 52.3 Å². The van der Waals surface area contributed by atoms with Crippen molar-refractivity contribution in [1.29, 1.82) is 0 Å². The van der Waals surface area contributed by atoms with E-state index >= 15 is 0 Å². The van der Waals surface area contributed by atoms with E-state index in [1.54, 1.807) is 18.2 Å². The zero-order chi connectivity index (χ0) is 17.9. The Labute approximate surface area is 154 Å². The molecule has 0 aliphatic rings. The summed E-state index contributed by atoms with van der Waals surface area (Å²) in [5.41, 5.74) is 3.14. The first-order valence-corrected chi connectivity index (χ1v) is 8.81. The summed E-state index contributed by atoms with van der Waals surface area (Å²) >= 11 is 11.9. The van der Waals surface area contributed by atoms with Crippen LogP contribution in [0.15, 0.2) is 42.5 Å². The Kier molecular flexibility index (Phi) is 6.08. The second-order valence-corrected chi connectivity index (χ2v) is 8.06. The molecule has 2 aromatic rings. The topological polar surface area (TPSA) is 17.1 Å². The number of carbonyl (C=O) groups excluding carboxylic acids is 1. The summed E-state index contributed by atoms with van der Waals surface area (Å²) in [5.74, 6) is 0.367. The summed E-state index contributed by atoms with van der Waals surface area (Å²) in [6.45, 7) is 2.10. The van der Waals surface area contributed by atoms with Gasteiger partial charge in [-0.1, -0.05) is 42.3 Å². The number of carbonyl (C=O) groups is 1. The molecule has 0 N–H and O–H groups in total. The molecule has 128 valence electrons. The fourth-order valence-electron chi connectivity index (χ4n) is 2.66. The maximum Gasteiger partial charge on any atom is 0.163 e. The summed E-state index contributed by atoms with van der Waals surface area (Å²) in [4.78, 5) is 12.4. The third-order valence-electron chi connectivity index (χ3n) is 4.07. The minimum absolute atomic E-state index is 0.101. The highest BCUT2D eigenvalue weighted by Crippen LogP contribution is 2.25. The van der Waals surface area contributed by atoms with Crippen LogP contribution in [0.3, 0.4) is 0 Å². The van der Waals surface area contributed by atoms with E-state index in [4.69, 9.17) is 23.2 Å². The molecule has 0 heterocycles. The van der Waals surface area contributed by atoms with Gasteiger partial charge in [0.2, 0.25) is 0 Å². The lowest BCUT2D eigenvalue weighted by Crippen LogP contribution is -2.34. The van der Waals surface area contributed by atoms with Crippen molar-refractivity contribution >= 4 is 34.7 Å². The molecule has 1 unspecified atom stereocenters. The number of hydrogen-bond acceptors (Lipinski definition) is 1. The second kappa shape index (κ2) is 7.69. The minimum atomic E-state index is 0.101. The van der Waals surface area contributed by atoms with Crippen LogP contribution < -0.4 is 4.48 Å². The van der Waals surface area contributed by atoms with Gasteiger partial charge in [0, 0.05) is 12.0 Å². The summed E-state index contributed by atoms with van der Waals surface area (Å²) in [5, 5.41) is 0.893. The number of ketones is 1. The maximum absolute atomic E-state index is 12.4. The van der Waals surface area contributed by atoms with Gasteiger partial charge in [0.25, 0.3) is 0 Å². The molecule has 2 aromatic carbocycles. The first-order chi connectivity index (χ1) is 11.2. The van der Waals surface area contributed by atoms with E-state index in [0.29, 0.717) is 22.0 Å². The van der Waals surface area contributed by atoms with Gasteiger partial charge < -0.3 is 0 Å². The van der Waals surface area contributed by atoms with E-state index in [1.165, 1.54) is 11.3 Å². The molecular weight excluding hydrogens is 341 g/mol. The van der Waals surface area contributed by atoms with E-state index in [1.807, 2.05) is 0 Å². The predicted octanol–water partition coefficient (Wildman–Crippen LogP) is 5.64. The highest BCUT2D eigenvalue weighted by molar-refractivity contribution is 6.42. The van der Waals surface area contributed by atoms with Gasteiger partial charge in [0.05, 0.1) is 31.2 Å². The van der Waals surface area contributed by atoms with Crippen molar-refractivity contribution in [2.45, 2.75) is 19.8 Å². The number of halogens is 2. The molecule has 24 heavy (non-hydrogen) atoms. The fraction of sp³-hybridized carbons (Fsp3) is 0.350. The van der Waals surface area contributed by atoms with Crippen LogP contribution in [0.2, 0.25) is 10.0 Å². The Morgan fingerprint density at radius 2 is 1.62 bits per heavy atom. The van der Waals surface area contributed by atoms with E-state index in [9.17, 15) is 4.79 Å².